The van der Waals surface area contributed by atoms with E-state index in [9.17, 15) is 5.11 Å². The maximum atomic E-state index is 9.66. The van der Waals surface area contributed by atoms with Crippen molar-refractivity contribution in [1.29, 1.82) is 0 Å². The highest BCUT2D eigenvalue weighted by atomic mass is 16.3. The van der Waals surface area contributed by atoms with Gasteiger partial charge in [-0.05, 0) is 58.4 Å². The zero-order valence-corrected chi connectivity index (χ0v) is 12.3. The molecule has 0 spiro atoms. The first-order valence-electron chi connectivity index (χ1n) is 7.61. The highest BCUT2D eigenvalue weighted by Crippen LogP contribution is 2.28. The molecule has 1 atom stereocenters. The Morgan fingerprint density at radius 1 is 1.17 bits per heavy atom. The minimum atomic E-state index is -0.126. The molecule has 0 saturated heterocycles. The first-order chi connectivity index (χ1) is 8.52. The van der Waals surface area contributed by atoms with Crippen LogP contribution >= 0.6 is 0 Å². The van der Waals surface area contributed by atoms with E-state index >= 15 is 0 Å². The summed E-state index contributed by atoms with van der Waals surface area (Å²) < 4.78 is 0. The fourth-order valence-electron chi connectivity index (χ4n) is 3.22. The number of aliphatic hydroxyl groups excluding tert-OH is 1. The van der Waals surface area contributed by atoms with E-state index in [0.717, 1.165) is 12.5 Å². The molecule has 2 aliphatic carbocycles. The lowest BCUT2D eigenvalue weighted by atomic mass is 9.86. The summed E-state index contributed by atoms with van der Waals surface area (Å²) in [5.74, 6) is 0.906. The fourth-order valence-corrected chi connectivity index (χ4v) is 3.22. The number of nitrogens with one attached hydrogen (secondary N) is 1. The van der Waals surface area contributed by atoms with Crippen LogP contribution in [-0.4, -0.2) is 47.8 Å². The summed E-state index contributed by atoms with van der Waals surface area (Å²) in [5.41, 5.74) is -0.126. The van der Waals surface area contributed by atoms with Crippen molar-refractivity contribution in [2.24, 2.45) is 5.92 Å². The molecular weight excluding hydrogens is 224 g/mol. The minimum absolute atomic E-state index is 0.126. The molecule has 2 saturated carbocycles. The van der Waals surface area contributed by atoms with Crippen molar-refractivity contribution in [1.82, 2.24) is 10.2 Å². The van der Waals surface area contributed by atoms with E-state index in [2.05, 4.69) is 31.1 Å². The van der Waals surface area contributed by atoms with E-state index in [1.807, 2.05) is 0 Å². The molecule has 0 radical (unpaired) electrons. The van der Waals surface area contributed by atoms with Crippen LogP contribution in [0.4, 0.5) is 0 Å². The number of rotatable bonds is 6. The molecule has 106 valence electrons. The lowest BCUT2D eigenvalue weighted by Gasteiger charge is -2.39. The standard InChI is InChI=1S/C15H30N2O/c1-12-4-8-14(9-5-12)17(3)10-15(2,11-18)16-13-6-7-13/h12-14,16,18H,4-11H2,1-3H3. The first kappa shape index (κ1) is 14.3. The van der Waals surface area contributed by atoms with E-state index < -0.39 is 0 Å². The highest BCUT2D eigenvalue weighted by Gasteiger charge is 2.34. The maximum absolute atomic E-state index is 9.66. The van der Waals surface area contributed by atoms with Crippen LogP contribution in [-0.2, 0) is 0 Å². The topological polar surface area (TPSA) is 35.5 Å². The number of hydrogen-bond donors (Lipinski definition) is 2. The van der Waals surface area contributed by atoms with Crippen molar-refractivity contribution >= 4 is 0 Å². The van der Waals surface area contributed by atoms with Gasteiger partial charge in [0.1, 0.15) is 0 Å². The van der Waals surface area contributed by atoms with Gasteiger partial charge in [0.2, 0.25) is 0 Å². The number of aliphatic hydroxyl groups is 1. The monoisotopic (exact) mass is 254 g/mol. The second-order valence-electron chi connectivity index (χ2n) is 6.97. The van der Waals surface area contributed by atoms with Gasteiger partial charge in [-0.3, -0.25) is 0 Å². The van der Waals surface area contributed by atoms with Crippen molar-refractivity contribution in [3.8, 4) is 0 Å². The minimum Gasteiger partial charge on any atom is -0.394 e. The van der Waals surface area contributed by atoms with Gasteiger partial charge in [-0.25, -0.2) is 0 Å². The van der Waals surface area contributed by atoms with Gasteiger partial charge < -0.3 is 15.3 Å². The Morgan fingerprint density at radius 3 is 2.28 bits per heavy atom. The Kier molecular flexibility index (Phi) is 4.68. The maximum Gasteiger partial charge on any atom is 0.0623 e. The summed E-state index contributed by atoms with van der Waals surface area (Å²) in [6.45, 7) is 5.71. The summed E-state index contributed by atoms with van der Waals surface area (Å²) in [5, 5.41) is 13.3. The van der Waals surface area contributed by atoms with Gasteiger partial charge in [-0.1, -0.05) is 6.92 Å². The van der Waals surface area contributed by atoms with Gasteiger partial charge in [0.15, 0.2) is 0 Å². The van der Waals surface area contributed by atoms with Crippen LogP contribution in [0.1, 0.15) is 52.4 Å². The Morgan fingerprint density at radius 2 is 1.78 bits per heavy atom. The molecule has 0 heterocycles. The second-order valence-corrected chi connectivity index (χ2v) is 6.97. The van der Waals surface area contributed by atoms with Gasteiger partial charge in [-0.15, -0.1) is 0 Å². The molecule has 2 fully saturated rings. The van der Waals surface area contributed by atoms with Crippen LogP contribution in [0.3, 0.4) is 0 Å². The third-order valence-corrected chi connectivity index (χ3v) is 4.69. The molecule has 1 unspecified atom stereocenters. The molecule has 3 nitrogen and oxygen atoms in total. The SMILES string of the molecule is CC1CCC(N(C)CC(C)(CO)NC2CC2)CC1. The molecule has 2 aliphatic rings. The van der Waals surface area contributed by atoms with Crippen LogP contribution < -0.4 is 5.32 Å². The second kappa shape index (κ2) is 5.89. The van der Waals surface area contributed by atoms with Crippen LogP contribution in [0.2, 0.25) is 0 Å². The molecule has 0 aromatic rings. The van der Waals surface area contributed by atoms with Crippen molar-refractivity contribution in [2.45, 2.75) is 70.0 Å². The molecule has 18 heavy (non-hydrogen) atoms. The van der Waals surface area contributed by atoms with Crippen molar-refractivity contribution in [3.63, 3.8) is 0 Å². The third-order valence-electron chi connectivity index (χ3n) is 4.69. The van der Waals surface area contributed by atoms with Crippen molar-refractivity contribution in [3.05, 3.63) is 0 Å². The third kappa shape index (κ3) is 3.94. The highest BCUT2D eigenvalue weighted by molar-refractivity contribution is 4.95. The summed E-state index contributed by atoms with van der Waals surface area (Å²) in [6, 6.07) is 1.37. The average Bonchev–Trinajstić information content (AvgIpc) is 3.13. The molecular formula is C15H30N2O. The summed E-state index contributed by atoms with van der Waals surface area (Å²) in [7, 11) is 2.23. The zero-order chi connectivity index (χ0) is 13.2. The quantitative estimate of drug-likeness (QED) is 0.761. The van der Waals surface area contributed by atoms with Crippen LogP contribution in [0, 0.1) is 5.92 Å². The number of nitrogens with zero attached hydrogens (tertiary/aromatic N) is 1. The molecule has 0 aromatic carbocycles. The van der Waals surface area contributed by atoms with Crippen molar-refractivity contribution < 1.29 is 5.11 Å². The molecule has 2 rings (SSSR count). The van der Waals surface area contributed by atoms with Crippen LogP contribution in [0.5, 0.6) is 0 Å². The average molecular weight is 254 g/mol. The van der Waals surface area contributed by atoms with Gasteiger partial charge >= 0.3 is 0 Å². The number of hydrogen-bond acceptors (Lipinski definition) is 3. The predicted molar refractivity (Wildman–Crippen MR) is 75.7 cm³/mol. The molecule has 0 amide bonds. The fraction of sp³-hybridized carbons (Fsp3) is 1.00. The van der Waals surface area contributed by atoms with E-state index in [1.165, 1.54) is 38.5 Å². The summed E-state index contributed by atoms with van der Waals surface area (Å²) in [4.78, 5) is 2.47. The summed E-state index contributed by atoms with van der Waals surface area (Å²) >= 11 is 0. The summed E-state index contributed by atoms with van der Waals surface area (Å²) in [6.07, 6.45) is 7.92. The Hall–Kier alpha value is -0.120. The van der Waals surface area contributed by atoms with Crippen LogP contribution in [0.25, 0.3) is 0 Å². The Bertz CT molecular complexity index is 259. The van der Waals surface area contributed by atoms with E-state index in [1.54, 1.807) is 0 Å². The zero-order valence-electron chi connectivity index (χ0n) is 12.3. The molecule has 2 N–H and O–H groups in total. The smallest absolute Gasteiger partial charge is 0.0623 e. The molecule has 0 aromatic heterocycles. The first-order valence-corrected chi connectivity index (χ1v) is 7.61. The number of likely N-dealkylation sites (N-methyl/N-ethyl adjacent to an activating group) is 1. The molecule has 3 heteroatoms. The van der Waals surface area contributed by atoms with Crippen molar-refractivity contribution in [2.75, 3.05) is 20.2 Å². The van der Waals surface area contributed by atoms with Gasteiger partial charge in [0.05, 0.1) is 12.1 Å². The normalized spacial score (nSPS) is 32.5. The van der Waals surface area contributed by atoms with Crippen LogP contribution in [0.15, 0.2) is 0 Å². The van der Waals surface area contributed by atoms with Gasteiger partial charge in [-0.2, -0.15) is 0 Å². The lowest BCUT2D eigenvalue weighted by Crippen LogP contribution is -2.56. The van der Waals surface area contributed by atoms with E-state index in [0.29, 0.717) is 12.1 Å². The lowest BCUT2D eigenvalue weighted by molar-refractivity contribution is 0.0913. The predicted octanol–water partition coefficient (Wildman–Crippen LogP) is 2.00. The van der Waals surface area contributed by atoms with Gasteiger partial charge in [0.25, 0.3) is 0 Å². The molecule has 0 bridgehead atoms. The Labute approximate surface area is 112 Å². The van der Waals surface area contributed by atoms with E-state index in [4.69, 9.17) is 0 Å². The largest absolute Gasteiger partial charge is 0.394 e. The Balaban J connectivity index is 1.82. The molecule has 0 aliphatic heterocycles. The van der Waals surface area contributed by atoms with E-state index in [-0.39, 0.29) is 12.1 Å². The van der Waals surface area contributed by atoms with Gasteiger partial charge in [0, 0.05) is 18.6 Å².